The van der Waals surface area contributed by atoms with E-state index in [1.807, 2.05) is 6.07 Å². The number of nitrogens with zero attached hydrogens (tertiary/aromatic N) is 2. The summed E-state index contributed by atoms with van der Waals surface area (Å²) in [7, 11) is 4.76. The molecule has 1 fully saturated rings. The molecule has 2 aromatic rings. The fourth-order valence-corrected chi connectivity index (χ4v) is 4.43. The Morgan fingerprint density at radius 3 is 2.71 bits per heavy atom. The van der Waals surface area contributed by atoms with Crippen molar-refractivity contribution >= 4 is 11.8 Å². The van der Waals surface area contributed by atoms with E-state index in [0.717, 1.165) is 25.0 Å². The van der Waals surface area contributed by atoms with Crippen LogP contribution in [-0.4, -0.2) is 62.2 Å². The first-order valence-electron chi connectivity index (χ1n) is 10.4. The Bertz CT molecular complexity index is 959. The van der Waals surface area contributed by atoms with Gasteiger partial charge in [0.2, 0.25) is 5.91 Å². The smallest absolute Gasteiger partial charge is 0.254 e. The number of methoxy groups -OCH3 is 2. The maximum absolute atomic E-state index is 13.5. The first-order valence-corrected chi connectivity index (χ1v) is 10.4. The molecule has 1 aromatic heterocycles. The third-order valence-electron chi connectivity index (χ3n) is 6.01. The van der Waals surface area contributed by atoms with E-state index in [1.165, 1.54) is 14.2 Å². The van der Waals surface area contributed by atoms with Crippen molar-refractivity contribution in [3.63, 3.8) is 0 Å². The first-order chi connectivity index (χ1) is 15.0. The molecule has 0 aliphatic carbocycles. The molecule has 1 aromatic carbocycles. The van der Waals surface area contributed by atoms with Gasteiger partial charge in [-0.05, 0) is 42.2 Å². The second-order valence-corrected chi connectivity index (χ2v) is 7.80. The number of amides is 2. The Kier molecular flexibility index (Phi) is 6.08. The van der Waals surface area contributed by atoms with E-state index in [-0.39, 0.29) is 17.9 Å². The van der Waals surface area contributed by atoms with Crippen LogP contribution in [0.1, 0.15) is 46.3 Å². The molecule has 0 saturated carbocycles. The van der Waals surface area contributed by atoms with E-state index in [0.29, 0.717) is 29.2 Å². The van der Waals surface area contributed by atoms with Gasteiger partial charge in [0.05, 0.1) is 32.3 Å². The molecule has 0 unspecified atom stereocenters. The van der Waals surface area contributed by atoms with Gasteiger partial charge >= 0.3 is 0 Å². The summed E-state index contributed by atoms with van der Waals surface area (Å²) in [6, 6.07) is 6.56. The molecule has 1 N–H and O–H groups in total. The molecular weight excluding hydrogens is 398 g/mol. The lowest BCUT2D eigenvalue weighted by Gasteiger charge is -2.40. The molecule has 8 heteroatoms. The van der Waals surface area contributed by atoms with E-state index in [2.05, 4.69) is 10.3 Å². The van der Waals surface area contributed by atoms with Crippen molar-refractivity contribution in [1.82, 2.24) is 15.2 Å². The summed E-state index contributed by atoms with van der Waals surface area (Å²) in [5, 5.41) is 3.04. The number of hydrogen-bond acceptors (Lipinski definition) is 6. The molecule has 1 saturated heterocycles. The number of nitrogens with one attached hydrogen (secondary N) is 1. The van der Waals surface area contributed by atoms with Gasteiger partial charge in [-0.15, -0.1) is 0 Å². The van der Waals surface area contributed by atoms with Gasteiger partial charge in [0.25, 0.3) is 5.91 Å². The number of likely N-dealkylation sites (N-methyl/N-ethyl adjacent to an activating group) is 1. The third-order valence-corrected chi connectivity index (χ3v) is 6.01. The molecule has 3 heterocycles. The Hall–Kier alpha value is -3.13. The van der Waals surface area contributed by atoms with Crippen LogP contribution in [0, 0.1) is 0 Å². The molecule has 0 radical (unpaired) electrons. The Morgan fingerprint density at radius 1 is 1.29 bits per heavy atom. The van der Waals surface area contributed by atoms with Crippen LogP contribution in [0.15, 0.2) is 36.7 Å². The predicted molar refractivity (Wildman–Crippen MR) is 113 cm³/mol. The third kappa shape index (κ3) is 3.95. The lowest BCUT2D eigenvalue weighted by molar-refractivity contribution is -0.124. The zero-order valence-corrected chi connectivity index (χ0v) is 18.0. The van der Waals surface area contributed by atoms with E-state index in [1.54, 1.807) is 42.5 Å². The summed E-state index contributed by atoms with van der Waals surface area (Å²) >= 11 is 0. The zero-order valence-electron chi connectivity index (χ0n) is 18.0. The number of hydrogen-bond donors (Lipinski definition) is 1. The summed E-state index contributed by atoms with van der Waals surface area (Å²) in [5.41, 5.74) is 1.83. The van der Waals surface area contributed by atoms with Crippen LogP contribution < -0.4 is 14.8 Å². The molecule has 8 nitrogen and oxygen atoms in total. The quantitative estimate of drug-likeness (QED) is 0.764. The second-order valence-electron chi connectivity index (χ2n) is 7.80. The van der Waals surface area contributed by atoms with Crippen molar-refractivity contribution in [2.24, 2.45) is 0 Å². The molecule has 3 atom stereocenters. The van der Waals surface area contributed by atoms with Crippen molar-refractivity contribution in [3.8, 4) is 11.5 Å². The summed E-state index contributed by atoms with van der Waals surface area (Å²) in [6.45, 7) is 1.16. The second kappa shape index (κ2) is 8.93. The maximum atomic E-state index is 13.5. The molecule has 2 amide bonds. The highest BCUT2D eigenvalue weighted by Crippen LogP contribution is 2.45. The average molecular weight is 425 g/mol. The number of ether oxygens (including phenoxy) is 3. The molecule has 4 rings (SSSR count). The molecule has 2 aliphatic rings. The van der Waals surface area contributed by atoms with Crippen molar-refractivity contribution in [1.29, 1.82) is 0 Å². The van der Waals surface area contributed by atoms with Crippen LogP contribution in [0.5, 0.6) is 11.5 Å². The Labute approximate surface area is 181 Å². The van der Waals surface area contributed by atoms with Crippen molar-refractivity contribution in [3.05, 3.63) is 53.3 Å². The number of fused-ring (bicyclic) bond motifs is 1. The zero-order chi connectivity index (χ0) is 22.0. The largest absolute Gasteiger partial charge is 0.493 e. The SMILES string of the molecule is COc1cc2c(cc1OC)[C@H](C(=O)NC[C@H]1CCCO1)[C@@H](c1cccnc1)N(C)C2=O. The molecule has 0 bridgehead atoms. The summed E-state index contributed by atoms with van der Waals surface area (Å²) in [4.78, 5) is 32.6. The van der Waals surface area contributed by atoms with Crippen LogP contribution in [0.25, 0.3) is 0 Å². The number of aromatic nitrogens is 1. The Balaban J connectivity index is 1.78. The fourth-order valence-electron chi connectivity index (χ4n) is 4.43. The van der Waals surface area contributed by atoms with Gasteiger partial charge in [-0.1, -0.05) is 6.07 Å². The van der Waals surface area contributed by atoms with E-state index < -0.39 is 12.0 Å². The van der Waals surface area contributed by atoms with Gasteiger partial charge in [-0.3, -0.25) is 14.6 Å². The number of carbonyl (C=O) groups is 2. The highest BCUT2D eigenvalue weighted by molar-refractivity contribution is 6.02. The molecule has 2 aliphatic heterocycles. The predicted octanol–water partition coefficient (Wildman–Crippen LogP) is 2.30. The number of carbonyl (C=O) groups excluding carboxylic acids is 2. The molecule has 164 valence electrons. The summed E-state index contributed by atoms with van der Waals surface area (Å²) < 4.78 is 16.5. The number of pyridine rings is 1. The van der Waals surface area contributed by atoms with Gasteiger partial charge in [0.1, 0.15) is 0 Å². The fraction of sp³-hybridized carbons (Fsp3) is 0.435. The van der Waals surface area contributed by atoms with Crippen LogP contribution in [0.3, 0.4) is 0 Å². The highest BCUT2D eigenvalue weighted by atomic mass is 16.5. The lowest BCUT2D eigenvalue weighted by Crippen LogP contribution is -2.46. The Morgan fingerprint density at radius 2 is 2.06 bits per heavy atom. The topological polar surface area (TPSA) is 90.0 Å². The van der Waals surface area contributed by atoms with Crippen LogP contribution in [0.2, 0.25) is 0 Å². The highest BCUT2D eigenvalue weighted by Gasteiger charge is 2.43. The van der Waals surface area contributed by atoms with Crippen molar-refractivity contribution < 1.29 is 23.8 Å². The summed E-state index contributed by atoms with van der Waals surface area (Å²) in [6.07, 6.45) is 5.31. The van der Waals surface area contributed by atoms with Crippen molar-refractivity contribution in [2.75, 3.05) is 34.4 Å². The van der Waals surface area contributed by atoms with E-state index >= 15 is 0 Å². The van der Waals surface area contributed by atoms with Gasteiger partial charge in [0.15, 0.2) is 11.5 Å². The van der Waals surface area contributed by atoms with Crippen LogP contribution >= 0.6 is 0 Å². The van der Waals surface area contributed by atoms with Gasteiger partial charge in [-0.2, -0.15) is 0 Å². The minimum Gasteiger partial charge on any atom is -0.493 e. The minimum atomic E-state index is -0.636. The lowest BCUT2D eigenvalue weighted by atomic mass is 9.79. The van der Waals surface area contributed by atoms with Gasteiger partial charge in [-0.25, -0.2) is 0 Å². The molecule has 31 heavy (non-hydrogen) atoms. The summed E-state index contributed by atoms with van der Waals surface area (Å²) in [5.74, 6) is -0.0740. The van der Waals surface area contributed by atoms with Crippen LogP contribution in [-0.2, 0) is 9.53 Å². The normalized spacial score (nSPS) is 22.7. The number of rotatable bonds is 6. The van der Waals surface area contributed by atoms with Crippen LogP contribution in [0.4, 0.5) is 0 Å². The van der Waals surface area contributed by atoms with E-state index in [4.69, 9.17) is 14.2 Å². The van der Waals surface area contributed by atoms with E-state index in [9.17, 15) is 9.59 Å². The monoisotopic (exact) mass is 425 g/mol. The van der Waals surface area contributed by atoms with Crippen molar-refractivity contribution in [2.45, 2.75) is 30.9 Å². The average Bonchev–Trinajstić information content (AvgIpc) is 3.33. The maximum Gasteiger partial charge on any atom is 0.254 e. The minimum absolute atomic E-state index is 0.0219. The van der Waals surface area contributed by atoms with Gasteiger partial charge in [0, 0.05) is 38.2 Å². The standard InChI is InChI=1S/C23H27N3O5/c1-26-21(14-6-4-8-24-12-14)20(22(27)25-13-15-7-5-9-31-15)16-10-18(29-2)19(30-3)11-17(16)23(26)28/h4,6,8,10-12,15,20-21H,5,7,9,13H2,1-3H3,(H,25,27)/t15-,20+,21-/m1/s1. The molecular formula is C23H27N3O5. The first kappa shape index (κ1) is 21.1. The number of benzene rings is 1. The molecule has 0 spiro atoms. The van der Waals surface area contributed by atoms with Gasteiger partial charge < -0.3 is 24.4 Å².